The van der Waals surface area contributed by atoms with Gasteiger partial charge in [-0.3, -0.25) is 4.79 Å². The summed E-state index contributed by atoms with van der Waals surface area (Å²) in [6, 6.07) is 0. The van der Waals surface area contributed by atoms with Crippen molar-refractivity contribution in [2.24, 2.45) is 0 Å². The average Bonchev–Trinajstić information content (AvgIpc) is 1.89. The van der Waals surface area contributed by atoms with Crippen molar-refractivity contribution in [2.45, 2.75) is 20.0 Å². The molecule has 0 saturated carbocycles. The molecule has 0 aliphatic rings. The van der Waals surface area contributed by atoms with Crippen molar-refractivity contribution in [3.05, 3.63) is 12.2 Å². The molecule has 4 nitrogen and oxygen atoms in total. The summed E-state index contributed by atoms with van der Waals surface area (Å²) in [5.74, 6) is -1.19. The Labute approximate surface area is 65.2 Å². The van der Waals surface area contributed by atoms with Gasteiger partial charge in [-0.15, -0.1) is 0 Å². The van der Waals surface area contributed by atoms with E-state index in [0.717, 1.165) is 6.29 Å². The summed E-state index contributed by atoms with van der Waals surface area (Å²) < 4.78 is 0. The molecular weight excluding hydrogens is 148 g/mol. The zero-order valence-electron chi connectivity index (χ0n) is 6.57. The van der Waals surface area contributed by atoms with Gasteiger partial charge in [0, 0.05) is 0 Å². The van der Waals surface area contributed by atoms with E-state index in [1.54, 1.807) is 6.92 Å². The maximum absolute atomic E-state index is 9.45. The Morgan fingerprint density at radius 3 is 1.82 bits per heavy atom. The number of carbonyl (C=O) groups excluding carboxylic acids is 1. The number of aliphatic carboxylic acids is 1. The van der Waals surface area contributed by atoms with E-state index in [0.29, 0.717) is 5.57 Å². The zero-order chi connectivity index (χ0) is 9.44. The van der Waals surface area contributed by atoms with Crippen LogP contribution >= 0.6 is 0 Å². The molecule has 0 bridgehead atoms. The summed E-state index contributed by atoms with van der Waals surface area (Å²) >= 11 is 0. The molecule has 1 unspecified atom stereocenters. The fourth-order valence-corrected chi connectivity index (χ4v) is 0. The van der Waals surface area contributed by atoms with Gasteiger partial charge in [0.05, 0.1) is 0 Å². The lowest BCUT2D eigenvalue weighted by molar-refractivity contribution is -0.145. The van der Waals surface area contributed by atoms with E-state index >= 15 is 0 Å². The first-order valence-electron chi connectivity index (χ1n) is 2.93. The highest BCUT2D eigenvalue weighted by Crippen LogP contribution is 1.73. The molecule has 0 aromatic rings. The molecule has 0 heterocycles. The van der Waals surface area contributed by atoms with Crippen LogP contribution in [-0.4, -0.2) is 28.6 Å². The standard InChI is InChI=1S/C4H6O.C3H6O3/c1-4(2)3-5;1-2(4)3(5)6/h3H,1H2,2H3;2,4H,1H3,(H,5,6). The molecule has 0 aromatic carbocycles. The van der Waals surface area contributed by atoms with E-state index in [1.807, 2.05) is 0 Å². The number of carbonyl (C=O) groups is 2. The van der Waals surface area contributed by atoms with E-state index in [1.165, 1.54) is 6.92 Å². The minimum Gasteiger partial charge on any atom is -0.479 e. The summed E-state index contributed by atoms with van der Waals surface area (Å²) in [7, 11) is 0. The van der Waals surface area contributed by atoms with Gasteiger partial charge in [-0.05, 0) is 19.4 Å². The molecule has 0 aromatic heterocycles. The Bertz CT molecular complexity index is 149. The van der Waals surface area contributed by atoms with Crippen LogP contribution in [0.4, 0.5) is 0 Å². The lowest BCUT2D eigenvalue weighted by Crippen LogP contribution is -2.13. The first kappa shape index (κ1) is 12.5. The third kappa shape index (κ3) is 17.7. The number of rotatable bonds is 2. The predicted octanol–water partition coefficient (Wildman–Crippen LogP) is 0.213. The zero-order valence-corrected chi connectivity index (χ0v) is 6.57. The Morgan fingerprint density at radius 2 is 1.82 bits per heavy atom. The van der Waals surface area contributed by atoms with Gasteiger partial charge in [0.2, 0.25) is 0 Å². The number of hydrogen-bond donors (Lipinski definition) is 2. The van der Waals surface area contributed by atoms with Gasteiger partial charge in [0.25, 0.3) is 0 Å². The molecule has 64 valence electrons. The van der Waals surface area contributed by atoms with Crippen molar-refractivity contribution in [3.63, 3.8) is 0 Å². The van der Waals surface area contributed by atoms with Crippen molar-refractivity contribution in [2.75, 3.05) is 0 Å². The van der Waals surface area contributed by atoms with Gasteiger partial charge in [-0.25, -0.2) is 4.79 Å². The maximum Gasteiger partial charge on any atom is 0.332 e. The first-order valence-corrected chi connectivity index (χ1v) is 2.93. The normalized spacial score (nSPS) is 10.5. The number of aliphatic hydroxyl groups is 1. The van der Waals surface area contributed by atoms with Crippen molar-refractivity contribution < 1.29 is 19.8 Å². The summed E-state index contributed by atoms with van der Waals surface area (Å²) in [6.45, 7) is 6.16. The SMILES string of the molecule is C=C(C)C=O.CC(O)C(=O)O. The highest BCUT2D eigenvalue weighted by molar-refractivity contribution is 5.71. The van der Waals surface area contributed by atoms with Crippen LogP contribution in [0.15, 0.2) is 12.2 Å². The van der Waals surface area contributed by atoms with Crippen LogP contribution in [-0.2, 0) is 9.59 Å². The van der Waals surface area contributed by atoms with Crippen LogP contribution in [0.25, 0.3) is 0 Å². The van der Waals surface area contributed by atoms with E-state index in [-0.39, 0.29) is 0 Å². The molecule has 0 fully saturated rings. The Balaban J connectivity index is 0. The van der Waals surface area contributed by atoms with Crippen LogP contribution in [0.3, 0.4) is 0 Å². The summed E-state index contributed by atoms with van der Waals surface area (Å²) in [5, 5.41) is 15.8. The van der Waals surface area contributed by atoms with Crippen LogP contribution in [0.5, 0.6) is 0 Å². The van der Waals surface area contributed by atoms with Crippen LogP contribution in [0.2, 0.25) is 0 Å². The molecule has 2 N–H and O–H groups in total. The summed E-state index contributed by atoms with van der Waals surface area (Å²) in [5.41, 5.74) is 0.574. The van der Waals surface area contributed by atoms with Crippen LogP contribution in [0.1, 0.15) is 13.8 Å². The second-order valence-electron chi connectivity index (χ2n) is 1.98. The first-order chi connectivity index (χ1) is 4.91. The second kappa shape index (κ2) is 6.95. The fourth-order valence-electron chi connectivity index (χ4n) is 0. The number of allylic oxidation sites excluding steroid dienone is 1. The number of aldehydes is 1. The van der Waals surface area contributed by atoms with Crippen molar-refractivity contribution in [1.29, 1.82) is 0 Å². The number of carboxylic acid groups (broad SMARTS) is 1. The predicted molar refractivity (Wildman–Crippen MR) is 40.2 cm³/mol. The lowest BCUT2D eigenvalue weighted by Gasteiger charge is -1.89. The van der Waals surface area contributed by atoms with Gasteiger partial charge in [-0.2, -0.15) is 0 Å². The fraction of sp³-hybridized carbons (Fsp3) is 0.429. The molecule has 0 amide bonds. The number of aliphatic hydroxyl groups excluding tert-OH is 1. The average molecular weight is 160 g/mol. The molecule has 0 aliphatic heterocycles. The minimum atomic E-state index is -1.23. The third-order valence-corrected chi connectivity index (χ3v) is 0.559. The molecular formula is C7H12O4. The minimum absolute atomic E-state index is 0.574. The highest BCUT2D eigenvalue weighted by Gasteiger charge is 2.01. The number of carboxylic acids is 1. The number of hydrogen-bond acceptors (Lipinski definition) is 3. The van der Waals surface area contributed by atoms with Gasteiger partial charge in [0.15, 0.2) is 0 Å². The quantitative estimate of drug-likeness (QED) is 0.447. The van der Waals surface area contributed by atoms with Gasteiger partial charge < -0.3 is 10.2 Å². The molecule has 0 rings (SSSR count). The smallest absolute Gasteiger partial charge is 0.332 e. The third-order valence-electron chi connectivity index (χ3n) is 0.559. The van der Waals surface area contributed by atoms with Crippen molar-refractivity contribution in [3.8, 4) is 0 Å². The van der Waals surface area contributed by atoms with Gasteiger partial charge >= 0.3 is 5.97 Å². The van der Waals surface area contributed by atoms with Crippen molar-refractivity contribution >= 4 is 12.3 Å². The molecule has 1 atom stereocenters. The van der Waals surface area contributed by atoms with E-state index < -0.39 is 12.1 Å². The Morgan fingerprint density at radius 1 is 1.64 bits per heavy atom. The lowest BCUT2D eigenvalue weighted by atomic mass is 10.4. The molecule has 11 heavy (non-hydrogen) atoms. The molecule has 0 radical (unpaired) electrons. The van der Waals surface area contributed by atoms with E-state index in [2.05, 4.69) is 6.58 Å². The van der Waals surface area contributed by atoms with Crippen LogP contribution in [0, 0.1) is 0 Å². The van der Waals surface area contributed by atoms with Crippen LogP contribution < -0.4 is 0 Å². The summed E-state index contributed by atoms with van der Waals surface area (Å²) in [4.78, 5) is 18.9. The maximum atomic E-state index is 9.45. The van der Waals surface area contributed by atoms with Gasteiger partial charge in [0.1, 0.15) is 12.4 Å². The molecule has 4 heteroatoms. The topological polar surface area (TPSA) is 74.6 Å². The monoisotopic (exact) mass is 160 g/mol. The van der Waals surface area contributed by atoms with Crippen molar-refractivity contribution in [1.82, 2.24) is 0 Å². The van der Waals surface area contributed by atoms with Gasteiger partial charge in [-0.1, -0.05) is 6.58 Å². The van der Waals surface area contributed by atoms with E-state index in [9.17, 15) is 9.59 Å². The largest absolute Gasteiger partial charge is 0.479 e. The molecule has 0 saturated heterocycles. The van der Waals surface area contributed by atoms with E-state index in [4.69, 9.17) is 10.2 Å². The Kier molecular flexibility index (Phi) is 7.91. The Hall–Kier alpha value is -1.16. The summed E-state index contributed by atoms with van der Waals surface area (Å²) in [6.07, 6.45) is -0.509. The highest BCUT2D eigenvalue weighted by atomic mass is 16.4. The second-order valence-corrected chi connectivity index (χ2v) is 1.98. The molecule has 0 spiro atoms. The molecule has 0 aliphatic carbocycles.